The maximum atomic E-state index is 13.4. The number of benzene rings is 3. The molecule has 0 saturated carbocycles. The Kier molecular flexibility index (Phi) is 6.68. The van der Waals surface area contributed by atoms with Crippen molar-refractivity contribution in [3.8, 4) is 17.2 Å². The summed E-state index contributed by atoms with van der Waals surface area (Å²) in [5.41, 5.74) is 1.24. The molecule has 1 aliphatic rings. The Morgan fingerprint density at radius 2 is 1.58 bits per heavy atom. The van der Waals surface area contributed by atoms with Gasteiger partial charge in [-0.15, -0.1) is 0 Å². The number of nitrogens with zero attached hydrogens (tertiary/aromatic N) is 1. The molecule has 1 fully saturated rings. The molecule has 3 aromatic carbocycles. The molecule has 1 heterocycles. The van der Waals surface area contributed by atoms with Crippen molar-refractivity contribution < 1.29 is 23.8 Å². The van der Waals surface area contributed by atoms with Gasteiger partial charge in [0.25, 0.3) is 5.91 Å². The molecule has 1 N–H and O–H groups in total. The smallest absolute Gasteiger partial charge is 0.254 e. The Balaban J connectivity index is 1.50. The van der Waals surface area contributed by atoms with Crippen molar-refractivity contribution in [1.82, 2.24) is 4.90 Å². The van der Waals surface area contributed by atoms with Gasteiger partial charge in [0, 0.05) is 35.8 Å². The summed E-state index contributed by atoms with van der Waals surface area (Å²) in [6.45, 7) is 0.998. The van der Waals surface area contributed by atoms with Gasteiger partial charge in [-0.25, -0.2) is 0 Å². The Labute approximate surface area is 193 Å². The van der Waals surface area contributed by atoms with Crippen LogP contribution in [0.2, 0.25) is 0 Å². The van der Waals surface area contributed by atoms with E-state index < -0.39 is 0 Å². The minimum atomic E-state index is -0.291. The first-order chi connectivity index (χ1) is 16.0. The number of carbonyl (C=O) groups is 2. The Morgan fingerprint density at radius 1 is 0.879 bits per heavy atom. The van der Waals surface area contributed by atoms with E-state index in [-0.39, 0.29) is 17.7 Å². The Morgan fingerprint density at radius 3 is 2.30 bits per heavy atom. The van der Waals surface area contributed by atoms with Crippen molar-refractivity contribution in [3.63, 3.8) is 0 Å². The van der Waals surface area contributed by atoms with Crippen molar-refractivity contribution in [2.75, 3.05) is 39.7 Å². The quantitative estimate of drug-likeness (QED) is 0.607. The predicted octanol–water partition coefficient (Wildman–Crippen LogP) is 4.36. The molecule has 7 heteroatoms. The SMILES string of the molecule is COc1ccc(NC(=O)[C@@H]2CCCN(C(=O)c3ccc(OC)c4ccccc34)C2)cc1OC. The third kappa shape index (κ3) is 4.58. The number of nitrogens with one attached hydrogen (secondary N) is 1. The maximum Gasteiger partial charge on any atom is 0.254 e. The number of likely N-dealkylation sites (tertiary alicyclic amines) is 1. The highest BCUT2D eigenvalue weighted by Gasteiger charge is 2.30. The molecule has 0 spiro atoms. The standard InChI is InChI=1S/C26H28N2O5/c1-31-22-13-11-21(19-8-4-5-9-20(19)22)26(30)28-14-6-7-17(16-28)25(29)27-18-10-12-23(32-2)24(15-18)33-3/h4-5,8-13,15,17H,6-7,14,16H2,1-3H3,(H,27,29)/t17-/m1/s1. The number of amides is 2. The number of methoxy groups -OCH3 is 3. The second-order valence-corrected chi connectivity index (χ2v) is 8.01. The van der Waals surface area contributed by atoms with Gasteiger partial charge in [0.15, 0.2) is 11.5 Å². The average Bonchev–Trinajstić information content (AvgIpc) is 2.87. The Hall–Kier alpha value is -3.74. The lowest BCUT2D eigenvalue weighted by Crippen LogP contribution is -2.43. The lowest BCUT2D eigenvalue weighted by Gasteiger charge is -2.32. The summed E-state index contributed by atoms with van der Waals surface area (Å²) in [7, 11) is 4.74. The molecule has 1 aliphatic heterocycles. The Bertz CT molecular complexity index is 1180. The molecule has 1 saturated heterocycles. The third-order valence-corrected chi connectivity index (χ3v) is 6.06. The molecule has 33 heavy (non-hydrogen) atoms. The van der Waals surface area contributed by atoms with Crippen LogP contribution in [0.1, 0.15) is 23.2 Å². The molecular formula is C26H28N2O5. The first-order valence-corrected chi connectivity index (χ1v) is 10.9. The van der Waals surface area contributed by atoms with Crippen LogP contribution >= 0.6 is 0 Å². The first-order valence-electron chi connectivity index (χ1n) is 10.9. The molecule has 0 radical (unpaired) electrons. The van der Waals surface area contributed by atoms with Crippen LogP contribution in [-0.4, -0.2) is 51.1 Å². The van der Waals surface area contributed by atoms with E-state index in [1.807, 2.05) is 30.3 Å². The van der Waals surface area contributed by atoms with E-state index in [1.54, 1.807) is 50.5 Å². The molecule has 0 bridgehead atoms. The number of anilines is 1. The van der Waals surface area contributed by atoms with Gasteiger partial charge in [-0.05, 0) is 42.5 Å². The van der Waals surface area contributed by atoms with Gasteiger partial charge < -0.3 is 24.4 Å². The highest BCUT2D eigenvalue weighted by molar-refractivity contribution is 6.08. The first kappa shape index (κ1) is 22.5. The number of fused-ring (bicyclic) bond motifs is 1. The van der Waals surface area contributed by atoms with Crippen LogP contribution in [0.4, 0.5) is 5.69 Å². The molecule has 2 amide bonds. The van der Waals surface area contributed by atoms with E-state index in [4.69, 9.17) is 14.2 Å². The van der Waals surface area contributed by atoms with Crippen molar-refractivity contribution in [2.24, 2.45) is 5.92 Å². The fourth-order valence-electron chi connectivity index (χ4n) is 4.34. The van der Waals surface area contributed by atoms with Gasteiger partial charge in [0.1, 0.15) is 5.75 Å². The molecule has 4 rings (SSSR count). The van der Waals surface area contributed by atoms with Gasteiger partial charge in [-0.1, -0.05) is 24.3 Å². The molecular weight excluding hydrogens is 420 g/mol. The average molecular weight is 449 g/mol. The second-order valence-electron chi connectivity index (χ2n) is 8.01. The molecule has 172 valence electrons. The van der Waals surface area contributed by atoms with E-state index in [9.17, 15) is 9.59 Å². The van der Waals surface area contributed by atoms with Crippen LogP contribution in [0.3, 0.4) is 0 Å². The third-order valence-electron chi connectivity index (χ3n) is 6.06. The predicted molar refractivity (Wildman–Crippen MR) is 127 cm³/mol. The number of rotatable bonds is 6. The number of ether oxygens (including phenoxy) is 3. The number of hydrogen-bond acceptors (Lipinski definition) is 5. The normalized spacial score (nSPS) is 15.7. The monoisotopic (exact) mass is 448 g/mol. The minimum Gasteiger partial charge on any atom is -0.496 e. The van der Waals surface area contributed by atoms with Crippen LogP contribution in [0.25, 0.3) is 10.8 Å². The topological polar surface area (TPSA) is 77.1 Å². The zero-order valence-electron chi connectivity index (χ0n) is 19.1. The summed E-state index contributed by atoms with van der Waals surface area (Å²) in [5, 5.41) is 4.69. The van der Waals surface area contributed by atoms with E-state index in [0.29, 0.717) is 35.8 Å². The molecule has 0 aromatic heterocycles. The van der Waals surface area contributed by atoms with Crippen molar-refractivity contribution in [1.29, 1.82) is 0 Å². The maximum absolute atomic E-state index is 13.4. The molecule has 3 aromatic rings. The van der Waals surface area contributed by atoms with Gasteiger partial charge >= 0.3 is 0 Å². The van der Waals surface area contributed by atoms with Gasteiger partial charge in [-0.2, -0.15) is 0 Å². The molecule has 7 nitrogen and oxygen atoms in total. The lowest BCUT2D eigenvalue weighted by atomic mass is 9.95. The van der Waals surface area contributed by atoms with Crippen molar-refractivity contribution in [2.45, 2.75) is 12.8 Å². The van der Waals surface area contributed by atoms with Crippen LogP contribution < -0.4 is 19.5 Å². The molecule has 0 unspecified atom stereocenters. The lowest BCUT2D eigenvalue weighted by molar-refractivity contribution is -0.121. The van der Waals surface area contributed by atoms with Gasteiger partial charge in [0.2, 0.25) is 5.91 Å². The summed E-state index contributed by atoms with van der Waals surface area (Å²) >= 11 is 0. The van der Waals surface area contributed by atoms with Gasteiger partial charge in [-0.3, -0.25) is 9.59 Å². The van der Waals surface area contributed by atoms with E-state index >= 15 is 0 Å². The van der Waals surface area contributed by atoms with Crippen molar-refractivity contribution in [3.05, 3.63) is 60.2 Å². The van der Waals surface area contributed by atoms with Crippen LogP contribution in [-0.2, 0) is 4.79 Å². The fourth-order valence-corrected chi connectivity index (χ4v) is 4.34. The highest BCUT2D eigenvalue weighted by Crippen LogP contribution is 2.32. The summed E-state index contributed by atoms with van der Waals surface area (Å²) in [5.74, 6) is 1.39. The highest BCUT2D eigenvalue weighted by atomic mass is 16.5. The van der Waals surface area contributed by atoms with E-state index in [2.05, 4.69) is 5.32 Å². The summed E-state index contributed by atoms with van der Waals surface area (Å²) in [4.78, 5) is 28.2. The fraction of sp³-hybridized carbons (Fsp3) is 0.308. The summed E-state index contributed by atoms with van der Waals surface area (Å²) in [6.07, 6.45) is 1.50. The number of carbonyl (C=O) groups excluding carboxylic acids is 2. The number of hydrogen-bond donors (Lipinski definition) is 1. The van der Waals surface area contributed by atoms with E-state index in [0.717, 1.165) is 29.4 Å². The van der Waals surface area contributed by atoms with Gasteiger partial charge in [0.05, 0.1) is 27.2 Å². The summed E-state index contributed by atoms with van der Waals surface area (Å²) in [6, 6.07) is 16.6. The van der Waals surface area contributed by atoms with Crippen molar-refractivity contribution >= 4 is 28.3 Å². The summed E-state index contributed by atoms with van der Waals surface area (Å²) < 4.78 is 16.0. The number of piperidine rings is 1. The molecule has 0 aliphatic carbocycles. The van der Waals surface area contributed by atoms with Crippen LogP contribution in [0.15, 0.2) is 54.6 Å². The van der Waals surface area contributed by atoms with E-state index in [1.165, 1.54) is 0 Å². The van der Waals surface area contributed by atoms with Crippen LogP contribution in [0.5, 0.6) is 17.2 Å². The zero-order chi connectivity index (χ0) is 23.4. The largest absolute Gasteiger partial charge is 0.496 e. The second kappa shape index (κ2) is 9.81. The molecule has 1 atom stereocenters. The zero-order valence-corrected chi connectivity index (χ0v) is 19.1. The minimum absolute atomic E-state index is 0.0718. The van der Waals surface area contributed by atoms with Crippen LogP contribution in [0, 0.1) is 5.92 Å².